The zero-order valence-electron chi connectivity index (χ0n) is 22.6. The van der Waals surface area contributed by atoms with Crippen LogP contribution >= 0.6 is 7.92 Å². The summed E-state index contributed by atoms with van der Waals surface area (Å²) in [6.07, 6.45) is 14.3. The molecule has 1 aliphatic carbocycles. The second-order valence-electron chi connectivity index (χ2n) is 10.3. The van der Waals surface area contributed by atoms with E-state index in [2.05, 4.69) is 96.5 Å². The summed E-state index contributed by atoms with van der Waals surface area (Å²) in [5.74, 6) is 0. The summed E-state index contributed by atoms with van der Waals surface area (Å²) < 4.78 is 4.97. The third kappa shape index (κ3) is 14.9. The number of hydrogen-bond donors (Lipinski definition) is 0. The zero-order chi connectivity index (χ0) is 23.7. The molecular formula is C29H55PSn. The number of fused-ring (bicyclic) bond motifs is 1. The molecule has 2 heteroatoms. The van der Waals surface area contributed by atoms with Crippen LogP contribution in [0.2, 0.25) is 18.2 Å². The summed E-state index contributed by atoms with van der Waals surface area (Å²) in [6, 6.07) is 8.49. The molecule has 0 N–H and O–H groups in total. The number of hydrogen-bond acceptors (Lipinski definition) is 0. The van der Waals surface area contributed by atoms with Gasteiger partial charge in [0.2, 0.25) is 0 Å². The second kappa shape index (κ2) is 18.6. The van der Waals surface area contributed by atoms with Crippen LogP contribution in [0.3, 0.4) is 0 Å². The molecule has 0 unspecified atom stereocenters. The van der Waals surface area contributed by atoms with Crippen LogP contribution in [-0.4, -0.2) is 36.4 Å². The molecule has 180 valence electrons. The van der Waals surface area contributed by atoms with Crippen LogP contribution in [0.5, 0.6) is 0 Å². The first-order chi connectivity index (χ1) is 14.7. The predicted octanol–water partition coefficient (Wildman–Crippen LogP) is 10.6. The van der Waals surface area contributed by atoms with Gasteiger partial charge in [0.25, 0.3) is 0 Å². The van der Waals surface area contributed by atoms with Gasteiger partial charge in [-0.05, 0) is 35.5 Å². The van der Waals surface area contributed by atoms with Gasteiger partial charge >= 0.3 is 95.9 Å². The van der Waals surface area contributed by atoms with Gasteiger partial charge in [-0.2, -0.15) is 0 Å². The van der Waals surface area contributed by atoms with Crippen molar-refractivity contribution in [2.45, 2.75) is 123 Å². The molecule has 2 rings (SSSR count). The molecule has 0 heterocycles. The Bertz CT molecular complexity index is 546. The SMILES string of the molecule is C1=Cc2ccccc2C1.CC(C)P(C)C(C)C.CCC[CH2][Sn]([CH3])([CH2]CCC)[CH2]CCC. The van der Waals surface area contributed by atoms with Gasteiger partial charge in [0.15, 0.2) is 0 Å². The van der Waals surface area contributed by atoms with Crippen molar-refractivity contribution in [3.63, 3.8) is 0 Å². The predicted molar refractivity (Wildman–Crippen MR) is 153 cm³/mol. The van der Waals surface area contributed by atoms with Crippen molar-refractivity contribution in [1.29, 1.82) is 0 Å². The number of unbranched alkanes of at least 4 members (excludes halogenated alkanes) is 3. The monoisotopic (exact) mass is 554 g/mol. The van der Waals surface area contributed by atoms with E-state index in [0.717, 1.165) is 17.7 Å². The topological polar surface area (TPSA) is 0 Å². The Kier molecular flexibility index (Phi) is 18.7. The average molecular weight is 553 g/mol. The molecule has 1 aromatic carbocycles. The molecule has 1 aliphatic rings. The molecule has 0 aromatic heterocycles. The van der Waals surface area contributed by atoms with Crippen LogP contribution in [0.15, 0.2) is 30.3 Å². The number of rotatable bonds is 11. The van der Waals surface area contributed by atoms with Gasteiger partial charge in [0, 0.05) is 0 Å². The van der Waals surface area contributed by atoms with Crippen LogP contribution in [0, 0.1) is 0 Å². The van der Waals surface area contributed by atoms with E-state index in [1.807, 2.05) is 0 Å². The Morgan fingerprint density at radius 3 is 1.61 bits per heavy atom. The van der Waals surface area contributed by atoms with Crippen LogP contribution in [0.4, 0.5) is 0 Å². The molecule has 1 aromatic rings. The molecule has 0 amide bonds. The quantitative estimate of drug-likeness (QED) is 0.189. The first kappa shape index (κ1) is 31.2. The van der Waals surface area contributed by atoms with E-state index >= 15 is 0 Å². The van der Waals surface area contributed by atoms with Gasteiger partial charge in [-0.1, -0.05) is 64.1 Å². The van der Waals surface area contributed by atoms with Crippen LogP contribution in [-0.2, 0) is 6.42 Å². The Morgan fingerprint density at radius 1 is 0.806 bits per heavy atom. The summed E-state index contributed by atoms with van der Waals surface area (Å²) in [5.41, 5.74) is 4.66. The molecule has 0 saturated carbocycles. The summed E-state index contributed by atoms with van der Waals surface area (Å²) in [6.45, 7) is 18.6. The molecular weight excluding hydrogens is 498 g/mol. The van der Waals surface area contributed by atoms with Gasteiger partial charge in [0.05, 0.1) is 0 Å². The fraction of sp³-hybridized carbons (Fsp3) is 0.724. The van der Waals surface area contributed by atoms with E-state index in [1.165, 1.54) is 49.7 Å². The van der Waals surface area contributed by atoms with E-state index in [4.69, 9.17) is 0 Å². The van der Waals surface area contributed by atoms with Crippen molar-refractivity contribution in [2.24, 2.45) is 0 Å². The van der Waals surface area contributed by atoms with Crippen molar-refractivity contribution in [3.8, 4) is 0 Å². The molecule has 0 radical (unpaired) electrons. The Morgan fingerprint density at radius 2 is 1.26 bits per heavy atom. The van der Waals surface area contributed by atoms with Crippen molar-refractivity contribution in [2.75, 3.05) is 6.66 Å². The third-order valence-corrected chi connectivity index (χ3v) is 23.3. The third-order valence-electron chi connectivity index (χ3n) is 6.72. The second-order valence-corrected chi connectivity index (χ2v) is 28.3. The molecule has 0 aliphatic heterocycles. The first-order valence-electron chi connectivity index (χ1n) is 13.2. The van der Waals surface area contributed by atoms with Crippen molar-refractivity contribution >= 4 is 32.4 Å². The van der Waals surface area contributed by atoms with Gasteiger partial charge in [-0.15, -0.1) is 7.92 Å². The van der Waals surface area contributed by atoms with E-state index in [-0.39, 0.29) is 0 Å². The van der Waals surface area contributed by atoms with E-state index in [9.17, 15) is 0 Å². The summed E-state index contributed by atoms with van der Waals surface area (Å²) in [5, 5.41) is 0. The van der Waals surface area contributed by atoms with Crippen LogP contribution in [0.25, 0.3) is 6.08 Å². The molecule has 0 spiro atoms. The van der Waals surface area contributed by atoms with Crippen LogP contribution < -0.4 is 0 Å². The minimum absolute atomic E-state index is 0.301. The average Bonchev–Trinajstić information content (AvgIpc) is 3.24. The van der Waals surface area contributed by atoms with E-state index in [1.54, 1.807) is 13.3 Å². The Labute approximate surface area is 202 Å². The fourth-order valence-electron chi connectivity index (χ4n) is 3.98. The molecule has 0 saturated heterocycles. The van der Waals surface area contributed by atoms with E-state index in [0.29, 0.717) is 7.92 Å². The van der Waals surface area contributed by atoms with Gasteiger partial charge in [0.1, 0.15) is 0 Å². The summed E-state index contributed by atoms with van der Waals surface area (Å²) >= 11 is -1.56. The van der Waals surface area contributed by atoms with Gasteiger partial charge in [-0.25, -0.2) is 0 Å². The molecule has 31 heavy (non-hydrogen) atoms. The summed E-state index contributed by atoms with van der Waals surface area (Å²) in [7, 11) is 0.301. The Hall–Kier alpha value is 0.189. The number of benzene rings is 1. The molecule has 0 atom stereocenters. The first-order valence-corrected chi connectivity index (χ1v) is 24.0. The van der Waals surface area contributed by atoms with Crippen molar-refractivity contribution in [3.05, 3.63) is 41.5 Å². The number of allylic oxidation sites excluding steroid dienone is 1. The normalized spacial score (nSPS) is 12.5. The van der Waals surface area contributed by atoms with Crippen molar-refractivity contribution < 1.29 is 0 Å². The molecule has 0 fully saturated rings. The molecule has 0 bridgehead atoms. The Balaban J connectivity index is 0.000000457. The summed E-state index contributed by atoms with van der Waals surface area (Å²) in [4.78, 5) is 2.72. The zero-order valence-corrected chi connectivity index (χ0v) is 26.4. The van der Waals surface area contributed by atoms with Gasteiger partial charge < -0.3 is 0 Å². The van der Waals surface area contributed by atoms with Crippen molar-refractivity contribution in [1.82, 2.24) is 0 Å². The minimum atomic E-state index is -1.56. The standard InChI is InChI=1S/C9H8.C7H17P.3C4H9.CH3.Sn/c1-2-5-9-7-3-6-8(9)4-1;1-6(2)8(5)7(3)4;3*1-3-4-2;;/h1-6H,7H2;6-7H,1-5H3;3*1,3-4H2,2H3;1H3;. The fourth-order valence-corrected chi connectivity index (χ4v) is 17.6. The van der Waals surface area contributed by atoms with Gasteiger partial charge in [-0.3, -0.25) is 0 Å². The van der Waals surface area contributed by atoms with E-state index < -0.39 is 18.4 Å². The molecule has 0 nitrogen and oxygen atoms in total. The van der Waals surface area contributed by atoms with Crippen LogP contribution in [0.1, 0.15) is 98.1 Å². The maximum atomic E-state index is 2.72. The maximum absolute atomic E-state index is 2.72.